The summed E-state index contributed by atoms with van der Waals surface area (Å²) in [6.45, 7) is 0. The molecule has 90 valence electrons. The molecule has 0 aliphatic carbocycles. The van der Waals surface area contributed by atoms with Crippen molar-refractivity contribution in [3.8, 4) is 0 Å². The zero-order chi connectivity index (χ0) is 12.3. The maximum Gasteiger partial charge on any atom is 0.264 e. The van der Waals surface area contributed by atoms with Crippen molar-refractivity contribution in [2.75, 3.05) is 12.0 Å². The predicted molar refractivity (Wildman–Crippen MR) is 58.0 cm³/mol. The first kappa shape index (κ1) is 13.1. The monoisotopic (exact) mass is 249 g/mol. The van der Waals surface area contributed by atoms with Gasteiger partial charge in [0.2, 0.25) is 0 Å². The van der Waals surface area contributed by atoms with Crippen molar-refractivity contribution in [1.82, 2.24) is 0 Å². The average molecular weight is 249 g/mol. The van der Waals surface area contributed by atoms with E-state index in [1.54, 1.807) is 6.07 Å². The molecule has 0 spiro atoms. The highest BCUT2D eigenvalue weighted by molar-refractivity contribution is 7.90. The number of rotatable bonds is 4. The summed E-state index contributed by atoms with van der Waals surface area (Å²) >= 11 is 0. The average Bonchev–Trinajstić information content (AvgIpc) is 2.15. The smallest absolute Gasteiger partial charge is 0.264 e. The summed E-state index contributed by atoms with van der Waals surface area (Å²) in [6.07, 6.45) is -1.63. The molecule has 1 rings (SSSR count). The topological polar surface area (TPSA) is 60.2 Å². The minimum Gasteiger partial charge on any atom is -0.323 e. The molecule has 0 saturated heterocycles. The molecule has 1 unspecified atom stereocenters. The van der Waals surface area contributed by atoms with E-state index in [2.05, 4.69) is 0 Å². The lowest BCUT2D eigenvalue weighted by Gasteiger charge is -2.15. The zero-order valence-electron chi connectivity index (χ0n) is 8.73. The van der Waals surface area contributed by atoms with E-state index in [1.165, 1.54) is 18.2 Å². The molecule has 0 aliphatic rings. The van der Waals surface area contributed by atoms with E-state index in [-0.39, 0.29) is 16.9 Å². The van der Waals surface area contributed by atoms with Crippen LogP contribution in [0.5, 0.6) is 0 Å². The maximum atomic E-state index is 12.6. The summed E-state index contributed by atoms with van der Waals surface area (Å²) in [5, 5.41) is 0. The molecule has 0 saturated carbocycles. The lowest BCUT2D eigenvalue weighted by molar-refractivity contribution is 0.150. The van der Waals surface area contributed by atoms with E-state index in [4.69, 9.17) is 5.73 Å². The van der Waals surface area contributed by atoms with Crippen LogP contribution in [0.2, 0.25) is 0 Å². The maximum absolute atomic E-state index is 12.6. The summed E-state index contributed by atoms with van der Waals surface area (Å²) in [5.74, 6) is -0.337. The van der Waals surface area contributed by atoms with Gasteiger partial charge < -0.3 is 5.73 Å². The van der Waals surface area contributed by atoms with Crippen molar-refractivity contribution in [2.24, 2.45) is 5.73 Å². The van der Waals surface area contributed by atoms with Gasteiger partial charge in [-0.2, -0.15) is 0 Å². The summed E-state index contributed by atoms with van der Waals surface area (Å²) in [4.78, 5) is 0. The van der Waals surface area contributed by atoms with Crippen LogP contribution in [0.25, 0.3) is 0 Å². The van der Waals surface area contributed by atoms with Crippen molar-refractivity contribution in [3.63, 3.8) is 0 Å². The van der Waals surface area contributed by atoms with Gasteiger partial charge in [-0.1, -0.05) is 24.3 Å². The largest absolute Gasteiger partial charge is 0.323 e. The number of hydrogen-bond donors (Lipinski definition) is 1. The lowest BCUT2D eigenvalue weighted by atomic mass is 10.0. The first-order valence-electron chi connectivity index (χ1n) is 4.61. The molecule has 1 aromatic carbocycles. The summed E-state index contributed by atoms with van der Waals surface area (Å²) in [7, 11) is -3.28. The summed E-state index contributed by atoms with van der Waals surface area (Å²) in [6, 6.07) is 4.79. The number of nitrogens with two attached hydrogens (primary N) is 1. The zero-order valence-corrected chi connectivity index (χ0v) is 9.55. The van der Waals surface area contributed by atoms with Crippen molar-refractivity contribution in [2.45, 2.75) is 12.5 Å². The van der Waals surface area contributed by atoms with E-state index in [0.29, 0.717) is 0 Å². The van der Waals surface area contributed by atoms with Gasteiger partial charge in [0.25, 0.3) is 6.43 Å². The third-order valence-electron chi connectivity index (χ3n) is 2.11. The highest BCUT2D eigenvalue weighted by atomic mass is 32.2. The second-order valence-corrected chi connectivity index (χ2v) is 5.81. The van der Waals surface area contributed by atoms with Crippen LogP contribution in [-0.4, -0.2) is 20.4 Å². The summed E-state index contributed by atoms with van der Waals surface area (Å²) < 4.78 is 47.3. The van der Waals surface area contributed by atoms with Gasteiger partial charge in [0.05, 0.1) is 5.75 Å². The molecule has 1 aromatic rings. The summed E-state index contributed by atoms with van der Waals surface area (Å²) in [5.41, 5.74) is 5.58. The third kappa shape index (κ3) is 3.53. The molecular formula is C10H13F2NO2S. The molecule has 0 aliphatic heterocycles. The molecule has 2 N–H and O–H groups in total. The molecule has 1 atom stereocenters. The Kier molecular flexibility index (Phi) is 3.98. The van der Waals surface area contributed by atoms with Gasteiger partial charge in [0.1, 0.15) is 9.84 Å². The van der Waals surface area contributed by atoms with E-state index in [9.17, 15) is 17.2 Å². The quantitative estimate of drug-likeness (QED) is 0.883. The molecule has 0 amide bonds. The number of halogens is 2. The molecule has 0 aromatic heterocycles. The Labute approximate surface area is 93.2 Å². The van der Waals surface area contributed by atoms with Gasteiger partial charge in [-0.05, 0) is 5.56 Å². The molecule has 0 heterocycles. The van der Waals surface area contributed by atoms with Crippen LogP contribution < -0.4 is 5.73 Å². The first-order valence-corrected chi connectivity index (χ1v) is 6.67. The molecule has 6 heteroatoms. The van der Waals surface area contributed by atoms with E-state index in [1.807, 2.05) is 0 Å². The Morgan fingerprint density at radius 2 is 1.75 bits per heavy atom. The number of alkyl halides is 2. The minimum atomic E-state index is -3.28. The van der Waals surface area contributed by atoms with Gasteiger partial charge >= 0.3 is 0 Å². The Morgan fingerprint density at radius 1 is 1.25 bits per heavy atom. The second kappa shape index (κ2) is 4.88. The fraction of sp³-hybridized carbons (Fsp3) is 0.400. The van der Waals surface area contributed by atoms with Crippen LogP contribution in [-0.2, 0) is 9.84 Å². The van der Waals surface area contributed by atoms with Gasteiger partial charge in [-0.15, -0.1) is 0 Å². The van der Waals surface area contributed by atoms with Crippen LogP contribution in [0, 0.1) is 0 Å². The fourth-order valence-corrected chi connectivity index (χ4v) is 2.30. The highest BCUT2D eigenvalue weighted by Gasteiger charge is 2.19. The molecule has 16 heavy (non-hydrogen) atoms. The lowest BCUT2D eigenvalue weighted by Crippen LogP contribution is -2.22. The first-order chi connectivity index (χ1) is 7.31. The predicted octanol–water partition coefficient (Wildman–Crippen LogP) is 1.67. The number of hydrogen-bond acceptors (Lipinski definition) is 3. The Balaban J connectivity index is 3.04. The van der Waals surface area contributed by atoms with E-state index < -0.39 is 22.3 Å². The molecule has 0 fully saturated rings. The molecule has 0 bridgehead atoms. The van der Waals surface area contributed by atoms with Gasteiger partial charge in [0, 0.05) is 17.9 Å². The number of benzene rings is 1. The Morgan fingerprint density at radius 3 is 2.19 bits per heavy atom. The standard InChI is InChI=1S/C10H13F2NO2S/c1-16(14,15)6-9(13)7-4-2-3-5-8(7)10(11)12/h2-5,9-10H,6,13H2,1H3. The van der Waals surface area contributed by atoms with Gasteiger partial charge in [0.15, 0.2) is 0 Å². The van der Waals surface area contributed by atoms with Crippen LogP contribution in [0.4, 0.5) is 8.78 Å². The normalized spacial score (nSPS) is 14.1. The Hall–Kier alpha value is -1.01. The van der Waals surface area contributed by atoms with E-state index >= 15 is 0 Å². The van der Waals surface area contributed by atoms with Crippen molar-refractivity contribution >= 4 is 9.84 Å². The highest BCUT2D eigenvalue weighted by Crippen LogP contribution is 2.26. The van der Waals surface area contributed by atoms with Crippen LogP contribution >= 0.6 is 0 Å². The SMILES string of the molecule is CS(=O)(=O)CC(N)c1ccccc1C(F)F. The van der Waals surface area contributed by atoms with E-state index in [0.717, 1.165) is 6.26 Å². The van der Waals surface area contributed by atoms with Crippen LogP contribution in [0.1, 0.15) is 23.6 Å². The van der Waals surface area contributed by atoms with Crippen LogP contribution in [0.3, 0.4) is 0 Å². The fourth-order valence-electron chi connectivity index (χ4n) is 1.46. The number of sulfone groups is 1. The van der Waals surface area contributed by atoms with Crippen molar-refractivity contribution in [3.05, 3.63) is 35.4 Å². The second-order valence-electron chi connectivity index (χ2n) is 3.63. The third-order valence-corrected chi connectivity index (χ3v) is 3.08. The van der Waals surface area contributed by atoms with Crippen molar-refractivity contribution < 1.29 is 17.2 Å². The van der Waals surface area contributed by atoms with Crippen LogP contribution in [0.15, 0.2) is 24.3 Å². The molecular weight excluding hydrogens is 236 g/mol. The minimum absolute atomic E-state index is 0.183. The van der Waals surface area contributed by atoms with Crippen molar-refractivity contribution in [1.29, 1.82) is 0 Å². The molecule has 0 radical (unpaired) electrons. The van der Waals surface area contributed by atoms with Gasteiger partial charge in [-0.3, -0.25) is 0 Å². The van der Waals surface area contributed by atoms with Gasteiger partial charge in [-0.25, -0.2) is 17.2 Å². The molecule has 3 nitrogen and oxygen atoms in total. The Bertz CT molecular complexity index is 460.